The van der Waals surface area contributed by atoms with Crippen LogP contribution in [0, 0.1) is 0 Å². The molecule has 1 amide bonds. The number of carbonyl (C=O) groups is 2. The molecule has 5 heteroatoms. The second-order valence-corrected chi connectivity index (χ2v) is 4.57. The molecule has 0 unspecified atom stereocenters. The molecule has 0 spiro atoms. The number of nitrogens with zero attached hydrogens (tertiary/aromatic N) is 1. The number of fused-ring (bicyclic) bond motifs is 1. The van der Waals surface area contributed by atoms with E-state index in [0.717, 1.165) is 24.1 Å². The molecule has 0 saturated heterocycles. The first kappa shape index (κ1) is 13.5. The number of hydrogen-bond donors (Lipinski definition) is 1. The second-order valence-electron chi connectivity index (χ2n) is 4.57. The molecule has 0 saturated carbocycles. The van der Waals surface area contributed by atoms with Crippen molar-refractivity contribution in [1.29, 1.82) is 0 Å². The molecule has 0 fully saturated rings. The summed E-state index contributed by atoms with van der Waals surface area (Å²) in [6, 6.07) is 4.85. The van der Waals surface area contributed by atoms with Crippen LogP contribution in [0.15, 0.2) is 18.2 Å². The van der Waals surface area contributed by atoms with Crippen LogP contribution in [0.1, 0.15) is 28.8 Å². The van der Waals surface area contributed by atoms with Crippen molar-refractivity contribution >= 4 is 17.6 Å². The summed E-state index contributed by atoms with van der Waals surface area (Å²) >= 11 is 0. The van der Waals surface area contributed by atoms with Gasteiger partial charge in [-0.3, -0.25) is 4.79 Å². The number of carbonyl (C=O) groups excluding carboxylic acids is 1. The minimum Gasteiger partial charge on any atom is -0.478 e. The quantitative estimate of drug-likeness (QED) is 0.793. The average Bonchev–Trinajstić information content (AvgIpc) is 2.69. The molecule has 19 heavy (non-hydrogen) atoms. The van der Waals surface area contributed by atoms with Crippen molar-refractivity contribution in [2.45, 2.75) is 19.3 Å². The number of hydrogen-bond acceptors (Lipinski definition) is 3. The highest BCUT2D eigenvalue weighted by molar-refractivity contribution is 6.02. The number of rotatable bonds is 6. The Labute approximate surface area is 111 Å². The molecule has 102 valence electrons. The Hall–Kier alpha value is -1.88. The largest absolute Gasteiger partial charge is 0.478 e. The summed E-state index contributed by atoms with van der Waals surface area (Å²) in [5.41, 5.74) is 1.87. The summed E-state index contributed by atoms with van der Waals surface area (Å²) < 4.78 is 4.98. The number of carboxylic acid groups (broad SMARTS) is 1. The van der Waals surface area contributed by atoms with Gasteiger partial charge < -0.3 is 14.7 Å². The lowest BCUT2D eigenvalue weighted by Crippen LogP contribution is -2.27. The van der Waals surface area contributed by atoms with Crippen LogP contribution in [-0.4, -0.2) is 37.2 Å². The minimum atomic E-state index is -0.964. The van der Waals surface area contributed by atoms with Gasteiger partial charge in [0.1, 0.15) is 0 Å². The highest BCUT2D eigenvalue weighted by Crippen LogP contribution is 2.30. The lowest BCUT2D eigenvalue weighted by molar-refractivity contribution is -0.117. The van der Waals surface area contributed by atoms with Crippen LogP contribution >= 0.6 is 0 Å². The van der Waals surface area contributed by atoms with Crippen LogP contribution in [0.4, 0.5) is 5.69 Å². The molecular formula is C14H17NO4. The number of benzene rings is 1. The third-order valence-corrected chi connectivity index (χ3v) is 3.24. The van der Waals surface area contributed by atoms with Crippen molar-refractivity contribution in [3.05, 3.63) is 29.3 Å². The number of aromatic carboxylic acids is 1. The smallest absolute Gasteiger partial charge is 0.335 e. The van der Waals surface area contributed by atoms with Crippen LogP contribution in [0.3, 0.4) is 0 Å². The zero-order valence-corrected chi connectivity index (χ0v) is 10.9. The molecule has 0 atom stereocenters. The number of methoxy groups -OCH3 is 1. The predicted octanol–water partition coefficient (Wildman–Crippen LogP) is 1.70. The third-order valence-electron chi connectivity index (χ3n) is 3.24. The summed E-state index contributed by atoms with van der Waals surface area (Å²) in [6.45, 7) is 1.34. The molecule has 1 N–H and O–H groups in total. The van der Waals surface area contributed by atoms with Gasteiger partial charge in [-0.15, -0.1) is 0 Å². The maximum absolute atomic E-state index is 11.9. The van der Waals surface area contributed by atoms with E-state index in [0.29, 0.717) is 19.6 Å². The Balaban J connectivity index is 2.09. The molecule has 1 heterocycles. The summed E-state index contributed by atoms with van der Waals surface area (Å²) in [6.07, 6.45) is 2.07. The molecule has 0 aliphatic carbocycles. The van der Waals surface area contributed by atoms with Crippen LogP contribution in [0.2, 0.25) is 0 Å². The molecular weight excluding hydrogens is 246 g/mol. The first-order chi connectivity index (χ1) is 9.13. The SMILES string of the molecule is COCCCCN1C(=O)Cc2cc(C(=O)O)ccc21. The minimum absolute atomic E-state index is 0.0370. The van der Waals surface area contributed by atoms with Gasteiger partial charge in [-0.05, 0) is 36.6 Å². The van der Waals surface area contributed by atoms with Crippen LogP contribution in [-0.2, 0) is 16.0 Å². The topological polar surface area (TPSA) is 66.8 Å². The first-order valence-corrected chi connectivity index (χ1v) is 6.29. The second kappa shape index (κ2) is 5.84. The van der Waals surface area contributed by atoms with Gasteiger partial charge in [0, 0.05) is 25.9 Å². The van der Waals surface area contributed by atoms with Gasteiger partial charge in [0.25, 0.3) is 0 Å². The van der Waals surface area contributed by atoms with Crippen molar-refractivity contribution in [3.63, 3.8) is 0 Å². The summed E-state index contributed by atoms with van der Waals surface area (Å²) in [7, 11) is 1.66. The highest BCUT2D eigenvalue weighted by Gasteiger charge is 2.27. The number of ether oxygens (including phenoxy) is 1. The Kier molecular flexibility index (Phi) is 4.16. The van der Waals surface area contributed by atoms with E-state index in [1.165, 1.54) is 0 Å². The van der Waals surface area contributed by atoms with E-state index >= 15 is 0 Å². The van der Waals surface area contributed by atoms with Gasteiger partial charge in [-0.25, -0.2) is 4.79 Å². The molecule has 5 nitrogen and oxygen atoms in total. The maximum atomic E-state index is 11.9. The zero-order valence-electron chi connectivity index (χ0n) is 10.9. The molecule has 0 aromatic heterocycles. The molecule has 1 aromatic rings. The molecule has 2 rings (SSSR count). The van der Waals surface area contributed by atoms with E-state index in [1.807, 2.05) is 0 Å². The van der Waals surface area contributed by atoms with Crippen LogP contribution in [0.5, 0.6) is 0 Å². The van der Waals surface area contributed by atoms with Gasteiger partial charge >= 0.3 is 5.97 Å². The van der Waals surface area contributed by atoms with Gasteiger partial charge in [-0.1, -0.05) is 0 Å². The fourth-order valence-corrected chi connectivity index (χ4v) is 2.28. The number of unbranched alkanes of at least 4 members (excludes halogenated alkanes) is 1. The van der Waals surface area contributed by atoms with Crippen molar-refractivity contribution in [3.8, 4) is 0 Å². The molecule has 1 aromatic carbocycles. The standard InChI is InChI=1S/C14H17NO4/c1-19-7-3-2-6-15-12-5-4-10(14(17)18)8-11(12)9-13(15)16/h4-5,8H,2-3,6-7,9H2,1H3,(H,17,18). The summed E-state index contributed by atoms with van der Waals surface area (Å²) in [4.78, 5) is 24.6. The predicted molar refractivity (Wildman–Crippen MR) is 70.6 cm³/mol. The van der Waals surface area contributed by atoms with Crippen molar-refractivity contribution in [2.24, 2.45) is 0 Å². The van der Waals surface area contributed by atoms with Gasteiger partial charge in [0.2, 0.25) is 5.91 Å². The van der Waals surface area contributed by atoms with E-state index < -0.39 is 5.97 Å². The monoisotopic (exact) mass is 263 g/mol. The van der Waals surface area contributed by atoms with Crippen molar-refractivity contribution < 1.29 is 19.4 Å². The zero-order chi connectivity index (χ0) is 13.8. The van der Waals surface area contributed by atoms with E-state index in [2.05, 4.69) is 0 Å². The lowest BCUT2D eigenvalue weighted by Gasteiger charge is -2.17. The van der Waals surface area contributed by atoms with Crippen LogP contribution < -0.4 is 4.90 Å². The third kappa shape index (κ3) is 2.93. The molecule has 1 aliphatic rings. The van der Waals surface area contributed by atoms with Crippen molar-refractivity contribution in [1.82, 2.24) is 0 Å². The summed E-state index contributed by atoms with van der Waals surface area (Å²) in [5.74, 6) is -0.927. The lowest BCUT2D eigenvalue weighted by atomic mass is 10.1. The Morgan fingerprint density at radius 2 is 2.21 bits per heavy atom. The Bertz CT molecular complexity index is 498. The molecule has 0 radical (unpaired) electrons. The average molecular weight is 263 g/mol. The highest BCUT2D eigenvalue weighted by atomic mass is 16.5. The van der Waals surface area contributed by atoms with Crippen LogP contribution in [0.25, 0.3) is 0 Å². The van der Waals surface area contributed by atoms with Gasteiger partial charge in [0.05, 0.1) is 12.0 Å². The Morgan fingerprint density at radius 3 is 2.89 bits per heavy atom. The molecule has 0 bridgehead atoms. The first-order valence-electron chi connectivity index (χ1n) is 6.29. The fourth-order valence-electron chi connectivity index (χ4n) is 2.28. The van der Waals surface area contributed by atoms with Gasteiger partial charge in [-0.2, -0.15) is 0 Å². The normalized spacial score (nSPS) is 13.7. The van der Waals surface area contributed by atoms with Crippen molar-refractivity contribution in [2.75, 3.05) is 25.2 Å². The van der Waals surface area contributed by atoms with E-state index in [4.69, 9.17) is 9.84 Å². The number of amides is 1. The fraction of sp³-hybridized carbons (Fsp3) is 0.429. The molecule has 1 aliphatic heterocycles. The maximum Gasteiger partial charge on any atom is 0.335 e. The van der Waals surface area contributed by atoms with E-state index in [9.17, 15) is 9.59 Å². The Morgan fingerprint density at radius 1 is 1.42 bits per heavy atom. The van der Waals surface area contributed by atoms with Gasteiger partial charge in [0.15, 0.2) is 0 Å². The van der Waals surface area contributed by atoms with E-state index in [1.54, 1.807) is 30.2 Å². The number of anilines is 1. The number of carboxylic acids is 1. The van der Waals surface area contributed by atoms with E-state index in [-0.39, 0.29) is 11.5 Å². The summed E-state index contributed by atoms with van der Waals surface area (Å²) in [5, 5.41) is 8.94.